The summed E-state index contributed by atoms with van der Waals surface area (Å²) < 4.78 is 10.2. The summed E-state index contributed by atoms with van der Waals surface area (Å²) in [6.07, 6.45) is 2.75. The van der Waals surface area contributed by atoms with E-state index in [4.69, 9.17) is 9.47 Å². The van der Waals surface area contributed by atoms with Gasteiger partial charge in [-0.1, -0.05) is 6.08 Å². The van der Waals surface area contributed by atoms with Crippen molar-refractivity contribution in [3.8, 4) is 0 Å². The van der Waals surface area contributed by atoms with Gasteiger partial charge in [0.2, 0.25) is 0 Å². The Kier molecular flexibility index (Phi) is 4.32. The highest BCUT2D eigenvalue weighted by Gasteiger charge is 2.31. The van der Waals surface area contributed by atoms with Gasteiger partial charge in [0.25, 0.3) is 0 Å². The molecule has 0 aliphatic heterocycles. The van der Waals surface area contributed by atoms with Crippen LogP contribution in [0.4, 0.5) is 0 Å². The van der Waals surface area contributed by atoms with Crippen molar-refractivity contribution in [3.63, 3.8) is 0 Å². The number of esters is 2. The molecule has 4 nitrogen and oxygen atoms in total. The fraction of sp³-hybridized carbons (Fsp3) is 0.692. The fourth-order valence-electron chi connectivity index (χ4n) is 1.67. The number of allylic oxidation sites excluding steroid dienone is 1. The highest BCUT2D eigenvalue weighted by molar-refractivity contribution is 5.90. The Morgan fingerprint density at radius 3 is 2.59 bits per heavy atom. The number of hydrogen-bond donors (Lipinski definition) is 0. The summed E-state index contributed by atoms with van der Waals surface area (Å²) in [6.45, 7) is 7.62. The Morgan fingerprint density at radius 2 is 2.06 bits per heavy atom. The van der Waals surface area contributed by atoms with E-state index in [1.807, 2.05) is 20.8 Å². The second-order valence-electron chi connectivity index (χ2n) is 5.12. The van der Waals surface area contributed by atoms with Crippen molar-refractivity contribution in [2.75, 3.05) is 6.61 Å². The van der Waals surface area contributed by atoms with E-state index in [2.05, 4.69) is 0 Å². The Hall–Kier alpha value is -1.32. The van der Waals surface area contributed by atoms with Gasteiger partial charge in [-0.2, -0.15) is 0 Å². The first-order chi connectivity index (χ1) is 7.83. The molecule has 1 rings (SSSR count). The zero-order chi connectivity index (χ0) is 13.1. The molecule has 1 atom stereocenters. The van der Waals surface area contributed by atoms with E-state index >= 15 is 0 Å². The molecular weight excluding hydrogens is 220 g/mol. The average Bonchev–Trinajstić information content (AvgIpc) is 2.63. The minimum Gasteiger partial charge on any atom is -0.463 e. The third-order valence-electron chi connectivity index (χ3n) is 2.39. The normalized spacial score (nSPS) is 19.8. The molecular formula is C13H20O4. The van der Waals surface area contributed by atoms with Crippen LogP contribution in [0, 0.1) is 5.92 Å². The standard InChI is InChI=1S/C13H20O4/c1-5-16-11(14)9-6-7-10(8-9)12(15)17-13(2,3)4/h6,10H,5,7-8H2,1-4H3. The summed E-state index contributed by atoms with van der Waals surface area (Å²) in [7, 11) is 0. The maximum absolute atomic E-state index is 11.8. The van der Waals surface area contributed by atoms with Gasteiger partial charge in [-0.25, -0.2) is 4.79 Å². The van der Waals surface area contributed by atoms with Crippen molar-refractivity contribution >= 4 is 11.9 Å². The molecule has 1 unspecified atom stereocenters. The molecule has 0 spiro atoms. The lowest BCUT2D eigenvalue weighted by Gasteiger charge is -2.22. The van der Waals surface area contributed by atoms with E-state index < -0.39 is 5.60 Å². The summed E-state index contributed by atoms with van der Waals surface area (Å²) in [4.78, 5) is 23.2. The van der Waals surface area contributed by atoms with E-state index in [1.54, 1.807) is 13.0 Å². The lowest BCUT2D eigenvalue weighted by atomic mass is 10.1. The third kappa shape index (κ3) is 4.21. The minimum absolute atomic E-state index is 0.242. The minimum atomic E-state index is -0.482. The number of rotatable bonds is 3. The number of ether oxygens (including phenoxy) is 2. The average molecular weight is 240 g/mol. The van der Waals surface area contributed by atoms with Gasteiger partial charge in [0.05, 0.1) is 12.5 Å². The number of hydrogen-bond acceptors (Lipinski definition) is 4. The van der Waals surface area contributed by atoms with E-state index in [9.17, 15) is 9.59 Å². The van der Waals surface area contributed by atoms with Crippen molar-refractivity contribution in [3.05, 3.63) is 11.6 Å². The molecule has 0 bridgehead atoms. The zero-order valence-corrected chi connectivity index (χ0v) is 10.9. The van der Waals surface area contributed by atoms with Crippen molar-refractivity contribution in [2.24, 2.45) is 5.92 Å². The highest BCUT2D eigenvalue weighted by Crippen LogP contribution is 2.28. The number of carbonyl (C=O) groups excluding carboxylic acids is 2. The monoisotopic (exact) mass is 240 g/mol. The molecule has 1 aliphatic rings. The summed E-state index contributed by atoms with van der Waals surface area (Å²) >= 11 is 0. The summed E-state index contributed by atoms with van der Waals surface area (Å²) in [5.74, 6) is -0.805. The Balaban J connectivity index is 2.48. The second-order valence-corrected chi connectivity index (χ2v) is 5.12. The molecule has 0 heterocycles. The summed E-state index contributed by atoms with van der Waals surface area (Å²) in [5.41, 5.74) is 0.103. The van der Waals surface area contributed by atoms with Crippen LogP contribution < -0.4 is 0 Å². The van der Waals surface area contributed by atoms with Crippen LogP contribution in [0.15, 0.2) is 11.6 Å². The topological polar surface area (TPSA) is 52.6 Å². The van der Waals surface area contributed by atoms with Crippen LogP contribution in [0.1, 0.15) is 40.5 Å². The smallest absolute Gasteiger partial charge is 0.333 e. The molecule has 0 saturated heterocycles. The van der Waals surface area contributed by atoms with Crippen LogP contribution in [-0.4, -0.2) is 24.1 Å². The third-order valence-corrected chi connectivity index (χ3v) is 2.39. The first-order valence-corrected chi connectivity index (χ1v) is 5.92. The largest absolute Gasteiger partial charge is 0.463 e. The van der Waals surface area contributed by atoms with E-state index in [-0.39, 0.29) is 17.9 Å². The molecule has 17 heavy (non-hydrogen) atoms. The molecule has 0 aromatic carbocycles. The van der Waals surface area contributed by atoms with E-state index in [0.717, 1.165) is 0 Å². The molecule has 1 aliphatic carbocycles. The van der Waals surface area contributed by atoms with Gasteiger partial charge in [-0.3, -0.25) is 4.79 Å². The van der Waals surface area contributed by atoms with Crippen LogP contribution in [0.3, 0.4) is 0 Å². The van der Waals surface area contributed by atoms with Crippen LogP contribution >= 0.6 is 0 Å². The molecule has 0 amide bonds. The Bertz CT molecular complexity index is 336. The second kappa shape index (κ2) is 5.34. The van der Waals surface area contributed by atoms with Crippen molar-refractivity contribution in [1.29, 1.82) is 0 Å². The molecule has 0 saturated carbocycles. The number of carbonyl (C=O) groups is 2. The molecule has 0 fully saturated rings. The SMILES string of the molecule is CCOC(=O)C1=CCC(C(=O)OC(C)(C)C)C1. The molecule has 0 N–H and O–H groups in total. The van der Waals surface area contributed by atoms with Gasteiger partial charge in [-0.05, 0) is 40.5 Å². The molecule has 0 aromatic rings. The van der Waals surface area contributed by atoms with Crippen molar-refractivity contribution in [1.82, 2.24) is 0 Å². The van der Waals surface area contributed by atoms with Crippen LogP contribution in [0.2, 0.25) is 0 Å². The van der Waals surface area contributed by atoms with Gasteiger partial charge >= 0.3 is 11.9 Å². The molecule has 0 radical (unpaired) electrons. The lowest BCUT2D eigenvalue weighted by molar-refractivity contribution is -0.159. The maximum Gasteiger partial charge on any atom is 0.333 e. The Labute approximate surface area is 102 Å². The van der Waals surface area contributed by atoms with Gasteiger partial charge < -0.3 is 9.47 Å². The first-order valence-electron chi connectivity index (χ1n) is 5.92. The summed E-state index contributed by atoms with van der Waals surface area (Å²) in [5, 5.41) is 0. The predicted molar refractivity (Wildman–Crippen MR) is 63.3 cm³/mol. The highest BCUT2D eigenvalue weighted by atomic mass is 16.6. The van der Waals surface area contributed by atoms with Gasteiger partial charge in [0, 0.05) is 5.57 Å². The summed E-state index contributed by atoms with van der Waals surface area (Å²) in [6, 6.07) is 0. The van der Waals surface area contributed by atoms with E-state index in [1.165, 1.54) is 0 Å². The first kappa shape index (κ1) is 13.7. The van der Waals surface area contributed by atoms with Gasteiger partial charge in [-0.15, -0.1) is 0 Å². The predicted octanol–water partition coefficient (Wildman–Crippen LogP) is 2.23. The molecule has 96 valence electrons. The molecule has 4 heteroatoms. The fourth-order valence-corrected chi connectivity index (χ4v) is 1.67. The maximum atomic E-state index is 11.8. The molecule has 0 aromatic heterocycles. The van der Waals surface area contributed by atoms with E-state index in [0.29, 0.717) is 25.0 Å². The van der Waals surface area contributed by atoms with Crippen LogP contribution in [-0.2, 0) is 19.1 Å². The van der Waals surface area contributed by atoms with Crippen molar-refractivity contribution in [2.45, 2.75) is 46.1 Å². The van der Waals surface area contributed by atoms with Crippen molar-refractivity contribution < 1.29 is 19.1 Å². The van der Waals surface area contributed by atoms with Crippen LogP contribution in [0.5, 0.6) is 0 Å². The van der Waals surface area contributed by atoms with Crippen LogP contribution in [0.25, 0.3) is 0 Å². The zero-order valence-electron chi connectivity index (χ0n) is 10.9. The Morgan fingerprint density at radius 1 is 1.41 bits per heavy atom. The van der Waals surface area contributed by atoms with Gasteiger partial charge in [0.1, 0.15) is 5.60 Å². The van der Waals surface area contributed by atoms with Gasteiger partial charge in [0.15, 0.2) is 0 Å². The lowest BCUT2D eigenvalue weighted by Crippen LogP contribution is -2.28. The quantitative estimate of drug-likeness (QED) is 0.710.